The highest BCUT2D eigenvalue weighted by molar-refractivity contribution is 6.06. The quantitative estimate of drug-likeness (QED) is 0.502. The Bertz CT molecular complexity index is 535. The van der Waals surface area contributed by atoms with Gasteiger partial charge in [-0.25, -0.2) is 0 Å². The summed E-state index contributed by atoms with van der Waals surface area (Å²) in [5.41, 5.74) is 2.00. The maximum Gasteiger partial charge on any atom is 0.228 e. The van der Waals surface area contributed by atoms with Gasteiger partial charge < -0.3 is 10.5 Å². The van der Waals surface area contributed by atoms with Crippen LogP contribution in [0.25, 0.3) is 0 Å². The van der Waals surface area contributed by atoms with Crippen LogP contribution in [0.15, 0.2) is 29.4 Å². The fraction of sp³-hybridized carbons (Fsp3) is 0.500. The first kappa shape index (κ1) is 14.6. The van der Waals surface area contributed by atoms with Crippen LogP contribution in [0.5, 0.6) is 0 Å². The minimum absolute atomic E-state index is 0.0435. The first-order chi connectivity index (χ1) is 9.45. The van der Waals surface area contributed by atoms with Gasteiger partial charge in [0.15, 0.2) is 0 Å². The second kappa shape index (κ2) is 5.65. The van der Waals surface area contributed by atoms with Crippen molar-refractivity contribution in [1.29, 1.82) is 0 Å². The minimum atomic E-state index is 0.0435. The number of benzene rings is 1. The molecule has 0 saturated heterocycles. The van der Waals surface area contributed by atoms with Gasteiger partial charge >= 0.3 is 0 Å². The van der Waals surface area contributed by atoms with Gasteiger partial charge in [-0.3, -0.25) is 4.79 Å². The van der Waals surface area contributed by atoms with Gasteiger partial charge in [0, 0.05) is 17.2 Å². The molecule has 0 bridgehead atoms. The van der Waals surface area contributed by atoms with E-state index in [-0.39, 0.29) is 17.2 Å². The van der Waals surface area contributed by atoms with E-state index in [1.807, 2.05) is 24.3 Å². The molecule has 1 aliphatic rings. The number of carbonyl (C=O) groups excluding carboxylic acids is 1. The van der Waals surface area contributed by atoms with Crippen molar-refractivity contribution in [2.75, 3.05) is 5.32 Å². The molecule has 0 aromatic heterocycles. The Morgan fingerprint density at radius 3 is 2.70 bits per heavy atom. The standard InChI is InChI=1S/C16H22N2O2/c1-11(18-20)12-7-4-5-9-14(12)17-15(19)13-8-6-10-16(13,2)3/h4-5,7,9,13,20H,6,8,10H2,1-3H3,(H,17,19)/b18-11-. The highest BCUT2D eigenvalue weighted by atomic mass is 16.4. The molecule has 108 valence electrons. The van der Waals surface area contributed by atoms with Crippen LogP contribution >= 0.6 is 0 Å². The number of nitrogens with one attached hydrogen (secondary N) is 1. The molecular formula is C16H22N2O2. The third-order valence-electron chi connectivity index (χ3n) is 4.30. The van der Waals surface area contributed by atoms with Gasteiger partial charge in [0.25, 0.3) is 0 Å². The van der Waals surface area contributed by atoms with Gasteiger partial charge in [0.05, 0.1) is 5.71 Å². The van der Waals surface area contributed by atoms with E-state index < -0.39 is 0 Å². The number of para-hydroxylation sites is 1. The third kappa shape index (κ3) is 2.84. The molecule has 1 amide bonds. The van der Waals surface area contributed by atoms with Crippen LogP contribution in [0.4, 0.5) is 5.69 Å². The number of anilines is 1. The van der Waals surface area contributed by atoms with Crippen molar-refractivity contribution in [3.05, 3.63) is 29.8 Å². The minimum Gasteiger partial charge on any atom is -0.411 e. The smallest absolute Gasteiger partial charge is 0.228 e. The molecule has 4 heteroatoms. The van der Waals surface area contributed by atoms with Crippen LogP contribution in [0.1, 0.15) is 45.6 Å². The number of nitrogens with zero attached hydrogens (tertiary/aromatic N) is 1. The number of oxime groups is 1. The monoisotopic (exact) mass is 274 g/mol. The normalized spacial score (nSPS) is 21.8. The predicted molar refractivity (Wildman–Crippen MR) is 80.2 cm³/mol. The van der Waals surface area contributed by atoms with Crippen LogP contribution in [-0.2, 0) is 4.79 Å². The highest BCUT2D eigenvalue weighted by Crippen LogP contribution is 2.43. The fourth-order valence-corrected chi connectivity index (χ4v) is 2.99. The lowest BCUT2D eigenvalue weighted by atomic mass is 9.81. The number of hydrogen-bond donors (Lipinski definition) is 2. The Balaban J connectivity index is 2.21. The Hall–Kier alpha value is -1.84. The molecule has 1 atom stereocenters. The zero-order valence-electron chi connectivity index (χ0n) is 12.3. The van der Waals surface area contributed by atoms with Gasteiger partial charge in [-0.2, -0.15) is 0 Å². The van der Waals surface area contributed by atoms with Gasteiger partial charge in [0.1, 0.15) is 0 Å². The molecule has 0 radical (unpaired) electrons. The second-order valence-corrected chi connectivity index (χ2v) is 6.15. The summed E-state index contributed by atoms with van der Waals surface area (Å²) in [5.74, 6) is 0.104. The molecule has 1 unspecified atom stereocenters. The van der Waals surface area contributed by atoms with Crippen LogP contribution in [0, 0.1) is 11.3 Å². The van der Waals surface area contributed by atoms with Gasteiger partial charge in [0.2, 0.25) is 5.91 Å². The van der Waals surface area contributed by atoms with Crippen molar-refractivity contribution in [2.24, 2.45) is 16.5 Å². The first-order valence-corrected chi connectivity index (χ1v) is 7.04. The summed E-state index contributed by atoms with van der Waals surface area (Å²) in [6, 6.07) is 7.40. The van der Waals surface area contributed by atoms with E-state index in [4.69, 9.17) is 5.21 Å². The van der Waals surface area contributed by atoms with Crippen molar-refractivity contribution in [1.82, 2.24) is 0 Å². The number of hydrogen-bond acceptors (Lipinski definition) is 3. The van der Waals surface area contributed by atoms with Crippen molar-refractivity contribution in [3.63, 3.8) is 0 Å². The summed E-state index contributed by atoms with van der Waals surface area (Å²) >= 11 is 0. The molecule has 1 aromatic rings. The van der Waals surface area contributed by atoms with E-state index in [1.165, 1.54) is 0 Å². The number of carbonyl (C=O) groups is 1. The fourth-order valence-electron chi connectivity index (χ4n) is 2.99. The summed E-state index contributed by atoms with van der Waals surface area (Å²) in [7, 11) is 0. The zero-order valence-corrected chi connectivity index (χ0v) is 12.3. The summed E-state index contributed by atoms with van der Waals surface area (Å²) < 4.78 is 0. The number of amides is 1. The van der Waals surface area contributed by atoms with Crippen molar-refractivity contribution in [3.8, 4) is 0 Å². The molecule has 1 aliphatic carbocycles. The lowest BCUT2D eigenvalue weighted by Gasteiger charge is -2.26. The maximum atomic E-state index is 12.5. The molecule has 0 spiro atoms. The molecule has 0 aliphatic heterocycles. The van der Waals surface area contributed by atoms with E-state index in [2.05, 4.69) is 24.3 Å². The van der Waals surface area contributed by atoms with Crippen LogP contribution in [0.2, 0.25) is 0 Å². The van der Waals surface area contributed by atoms with E-state index in [0.29, 0.717) is 11.4 Å². The third-order valence-corrected chi connectivity index (χ3v) is 4.30. The van der Waals surface area contributed by atoms with Gasteiger partial charge in [-0.1, -0.05) is 43.6 Å². The molecular weight excluding hydrogens is 252 g/mol. The predicted octanol–water partition coefficient (Wildman–Crippen LogP) is 3.65. The molecule has 1 saturated carbocycles. The summed E-state index contributed by atoms with van der Waals surface area (Å²) in [6.07, 6.45) is 3.13. The summed E-state index contributed by atoms with van der Waals surface area (Å²) in [5, 5.41) is 15.1. The average molecular weight is 274 g/mol. The topological polar surface area (TPSA) is 61.7 Å². The largest absolute Gasteiger partial charge is 0.411 e. The molecule has 0 heterocycles. The molecule has 4 nitrogen and oxygen atoms in total. The first-order valence-electron chi connectivity index (χ1n) is 7.04. The zero-order chi connectivity index (χ0) is 14.8. The second-order valence-electron chi connectivity index (χ2n) is 6.15. The molecule has 1 fully saturated rings. The average Bonchev–Trinajstić information content (AvgIpc) is 2.78. The Labute approximate surface area is 119 Å². The molecule has 2 rings (SSSR count). The lowest BCUT2D eigenvalue weighted by Crippen LogP contribution is -2.31. The molecule has 1 aromatic carbocycles. The number of rotatable bonds is 3. The molecule has 2 N–H and O–H groups in total. The highest BCUT2D eigenvalue weighted by Gasteiger charge is 2.39. The maximum absolute atomic E-state index is 12.5. The van der Waals surface area contributed by atoms with Crippen molar-refractivity contribution >= 4 is 17.3 Å². The van der Waals surface area contributed by atoms with Crippen LogP contribution in [-0.4, -0.2) is 16.8 Å². The Morgan fingerprint density at radius 2 is 2.10 bits per heavy atom. The van der Waals surface area contributed by atoms with Crippen LogP contribution in [0.3, 0.4) is 0 Å². The SMILES string of the molecule is C/C(=N/O)c1ccccc1NC(=O)C1CCCC1(C)C. The summed E-state index contributed by atoms with van der Waals surface area (Å²) in [4.78, 5) is 12.5. The lowest BCUT2D eigenvalue weighted by molar-refractivity contribution is -0.122. The van der Waals surface area contributed by atoms with E-state index >= 15 is 0 Å². The van der Waals surface area contributed by atoms with E-state index in [0.717, 1.165) is 24.8 Å². The van der Waals surface area contributed by atoms with Crippen molar-refractivity contribution in [2.45, 2.75) is 40.0 Å². The Morgan fingerprint density at radius 1 is 1.40 bits per heavy atom. The van der Waals surface area contributed by atoms with E-state index in [1.54, 1.807) is 6.92 Å². The molecule has 20 heavy (non-hydrogen) atoms. The summed E-state index contributed by atoms with van der Waals surface area (Å²) in [6.45, 7) is 6.01. The van der Waals surface area contributed by atoms with Crippen molar-refractivity contribution < 1.29 is 10.0 Å². The van der Waals surface area contributed by atoms with E-state index in [9.17, 15) is 4.79 Å². The Kier molecular flexibility index (Phi) is 4.12. The van der Waals surface area contributed by atoms with Gasteiger partial charge in [-0.05, 0) is 31.2 Å². The van der Waals surface area contributed by atoms with Gasteiger partial charge in [-0.15, -0.1) is 0 Å². The van der Waals surface area contributed by atoms with Crippen LogP contribution < -0.4 is 5.32 Å².